The average Bonchev–Trinajstić information content (AvgIpc) is 3.87. The van der Waals surface area contributed by atoms with Crippen LogP contribution in [0.25, 0.3) is 0 Å². The highest BCUT2D eigenvalue weighted by Gasteiger charge is 2.43. The van der Waals surface area contributed by atoms with Crippen LogP contribution in [0.2, 0.25) is 0 Å². The molecule has 1 aliphatic carbocycles. The van der Waals surface area contributed by atoms with Crippen LogP contribution in [-0.2, 0) is 95.3 Å². The van der Waals surface area contributed by atoms with Crippen molar-refractivity contribution in [2.24, 2.45) is 5.92 Å². The van der Waals surface area contributed by atoms with Crippen LogP contribution in [-0.4, -0.2) is 116 Å². The molecular weight excluding hydrogens is 1050 g/mol. The lowest BCUT2D eigenvalue weighted by atomic mass is 9.82. The SMILES string of the molecule is C=C1C(=O)OCC1C.C=C1CC(C)(C)OC1=O.C=C1CC(C)OC1=O.C=C1CC(CC)OC1=O.C=C1CC2(CCCCC2)OC1=O.C=C1CCCCOC1=O.C=C1CCCOC1=O.C=C1CCOC1=O.C=C1COC1=O.C=C1OC1=O. The lowest BCUT2D eigenvalue weighted by Gasteiger charge is -2.31. The quantitative estimate of drug-likeness (QED) is 0.102. The van der Waals surface area contributed by atoms with Crippen molar-refractivity contribution < 1.29 is 95.3 Å². The molecule has 444 valence electrons. The molecule has 0 aromatic carbocycles. The number of carbonyl (C=O) groups is 10. The molecule has 10 aliphatic heterocycles. The minimum atomic E-state index is -0.311. The maximum atomic E-state index is 11.1. The van der Waals surface area contributed by atoms with Crippen molar-refractivity contribution in [3.05, 3.63) is 122 Å². The highest BCUT2D eigenvalue weighted by Crippen LogP contribution is 2.41. The molecule has 11 fully saturated rings. The van der Waals surface area contributed by atoms with Gasteiger partial charge in [0.05, 0.1) is 32.0 Å². The normalized spacial score (nSPS) is 24.0. The molecule has 81 heavy (non-hydrogen) atoms. The van der Waals surface area contributed by atoms with Crippen LogP contribution in [0.5, 0.6) is 0 Å². The topological polar surface area (TPSA) is 266 Å². The van der Waals surface area contributed by atoms with E-state index >= 15 is 0 Å². The third-order valence-corrected chi connectivity index (χ3v) is 12.7. The molecule has 11 rings (SSSR count). The van der Waals surface area contributed by atoms with Gasteiger partial charge in [0, 0.05) is 82.6 Å². The molecule has 20 nitrogen and oxygen atoms in total. The Labute approximate surface area is 474 Å². The Morgan fingerprint density at radius 1 is 0.444 bits per heavy atom. The van der Waals surface area contributed by atoms with Gasteiger partial charge >= 0.3 is 59.7 Å². The van der Waals surface area contributed by atoms with Crippen molar-refractivity contribution in [2.45, 2.75) is 161 Å². The number of ether oxygens (including phenoxy) is 10. The van der Waals surface area contributed by atoms with Gasteiger partial charge in [-0.15, -0.1) is 0 Å². The summed E-state index contributed by atoms with van der Waals surface area (Å²) >= 11 is 0. The summed E-state index contributed by atoms with van der Waals surface area (Å²) in [5, 5.41) is 0. The first kappa shape index (κ1) is 69.2. The van der Waals surface area contributed by atoms with Crippen LogP contribution in [0.1, 0.15) is 137 Å². The van der Waals surface area contributed by atoms with Gasteiger partial charge in [0.15, 0.2) is 0 Å². The minimum absolute atomic E-state index is 0.0509. The third kappa shape index (κ3) is 25.8. The van der Waals surface area contributed by atoms with Crippen molar-refractivity contribution in [2.75, 3.05) is 33.0 Å². The molecule has 10 heterocycles. The van der Waals surface area contributed by atoms with Gasteiger partial charge in [0.25, 0.3) is 0 Å². The van der Waals surface area contributed by atoms with Gasteiger partial charge in [-0.2, -0.15) is 0 Å². The molecule has 3 unspecified atom stereocenters. The number of carbonyl (C=O) groups excluding carboxylic acids is 10. The molecule has 11 aliphatic rings. The zero-order valence-electron chi connectivity index (χ0n) is 47.8. The van der Waals surface area contributed by atoms with Gasteiger partial charge in [0.1, 0.15) is 30.0 Å². The van der Waals surface area contributed by atoms with E-state index in [0.29, 0.717) is 102 Å². The standard InChI is InChI=1S/C10H14O2.3C7H10O2.3C6H8O2.C5H6O2.C4H4O2.C3H2O2/c1-8-7-10(12-9(8)11)5-3-2-4-6-10;1-5-4-7(2,3)9-6(5)8;1-6-4-2-3-5-9-7(6)8;1-3-6-4-5(2)7(8)9-6;1-4-3-8-6(7)5(4)2;1-4-3-5(2)8-6(4)7;1-5-3-2-4-8-6(5)7;1-4-2-3-7-5(4)6;1-3-2-6-4(3)5;1-2-3(4)5-2/h1-7H2;1,4H2,2-3H3;1-5H2;6H,2-4H2,1H3;4H,2-3H2,1H3;5H,1,3H2,2H3;1-4H2;1-3H2;1-2H2;1H2. The summed E-state index contributed by atoms with van der Waals surface area (Å²) < 4.78 is 46.9. The summed E-state index contributed by atoms with van der Waals surface area (Å²) in [5.41, 5.74) is 5.01. The second-order valence-corrected chi connectivity index (χ2v) is 20.7. The van der Waals surface area contributed by atoms with E-state index in [1.807, 2.05) is 34.6 Å². The van der Waals surface area contributed by atoms with Gasteiger partial charge in [-0.05, 0) is 91.6 Å². The summed E-state index contributed by atoms with van der Waals surface area (Å²) in [4.78, 5) is 104. The molecule has 0 amide bonds. The molecule has 20 heteroatoms. The monoisotopic (exact) mass is 1130 g/mol. The number of esters is 9. The minimum Gasteiger partial charge on any atom is -0.462 e. The second-order valence-electron chi connectivity index (χ2n) is 20.7. The van der Waals surface area contributed by atoms with Crippen molar-refractivity contribution in [3.8, 4) is 0 Å². The lowest BCUT2D eigenvalue weighted by molar-refractivity contribution is -0.149. The van der Waals surface area contributed by atoms with E-state index in [2.05, 4.69) is 89.5 Å². The number of hydrogen-bond acceptors (Lipinski definition) is 20. The van der Waals surface area contributed by atoms with E-state index in [1.54, 1.807) is 0 Å². The van der Waals surface area contributed by atoms with Crippen LogP contribution >= 0.6 is 0 Å². The van der Waals surface area contributed by atoms with E-state index in [9.17, 15) is 47.9 Å². The first-order chi connectivity index (χ1) is 37.9. The molecule has 0 radical (unpaired) electrons. The average molecular weight is 1130 g/mol. The summed E-state index contributed by atoms with van der Waals surface area (Å²) in [5.74, 6) is -1.81. The maximum Gasteiger partial charge on any atom is 0.379 e. The van der Waals surface area contributed by atoms with Gasteiger partial charge in [-0.1, -0.05) is 79.5 Å². The van der Waals surface area contributed by atoms with E-state index in [0.717, 1.165) is 64.2 Å². The zero-order valence-corrected chi connectivity index (χ0v) is 47.8. The number of cyclic esters (lactones) is 9. The first-order valence-corrected chi connectivity index (χ1v) is 26.7. The number of hydrogen-bond donors (Lipinski definition) is 0. The molecule has 0 N–H and O–H groups in total. The van der Waals surface area contributed by atoms with E-state index in [1.165, 1.54) is 19.3 Å². The molecule has 0 aromatic rings. The van der Waals surface area contributed by atoms with Crippen LogP contribution in [0, 0.1) is 5.92 Å². The van der Waals surface area contributed by atoms with Crippen molar-refractivity contribution in [1.82, 2.24) is 0 Å². The maximum absolute atomic E-state index is 11.1. The largest absolute Gasteiger partial charge is 0.462 e. The molecule has 1 saturated carbocycles. The second kappa shape index (κ2) is 33.6. The summed E-state index contributed by atoms with van der Waals surface area (Å²) in [6.45, 7) is 47.1. The Kier molecular flexibility index (Phi) is 28.7. The Morgan fingerprint density at radius 3 is 1.17 bits per heavy atom. The smallest absolute Gasteiger partial charge is 0.379 e. The lowest BCUT2D eigenvalue weighted by Crippen LogP contribution is -2.30. The van der Waals surface area contributed by atoms with Crippen LogP contribution in [0.4, 0.5) is 0 Å². The fourth-order valence-corrected chi connectivity index (χ4v) is 7.64. The van der Waals surface area contributed by atoms with E-state index < -0.39 is 0 Å². The molecule has 3 atom stereocenters. The highest BCUT2D eigenvalue weighted by molar-refractivity contribution is 6.00. The summed E-state index contributed by atoms with van der Waals surface area (Å²) in [7, 11) is 0. The fraction of sp³-hybridized carbons (Fsp3) is 0.508. The highest BCUT2D eigenvalue weighted by atomic mass is 16.6. The van der Waals surface area contributed by atoms with Crippen LogP contribution in [0.15, 0.2) is 122 Å². The van der Waals surface area contributed by atoms with Crippen molar-refractivity contribution in [3.63, 3.8) is 0 Å². The van der Waals surface area contributed by atoms with Crippen LogP contribution in [0.3, 0.4) is 0 Å². The van der Waals surface area contributed by atoms with Gasteiger partial charge in [-0.3, -0.25) is 0 Å². The van der Waals surface area contributed by atoms with Crippen molar-refractivity contribution >= 4 is 59.7 Å². The summed E-state index contributed by atoms with van der Waals surface area (Å²) in [6.07, 6.45) is 14.9. The molecule has 10 saturated heterocycles. The van der Waals surface area contributed by atoms with Gasteiger partial charge in [-0.25, -0.2) is 47.9 Å². The van der Waals surface area contributed by atoms with Crippen molar-refractivity contribution in [1.29, 1.82) is 0 Å². The number of epoxide rings is 1. The predicted molar refractivity (Wildman–Crippen MR) is 295 cm³/mol. The fourth-order valence-electron chi connectivity index (χ4n) is 7.64. The molecule has 0 bridgehead atoms. The predicted octanol–water partition coefficient (Wildman–Crippen LogP) is 9.14. The molecule has 1 spiro atoms. The number of rotatable bonds is 1. The Balaban J connectivity index is 0.000000310. The van der Waals surface area contributed by atoms with Gasteiger partial charge < -0.3 is 47.4 Å². The Morgan fingerprint density at radius 2 is 0.914 bits per heavy atom. The van der Waals surface area contributed by atoms with E-state index in [-0.39, 0.29) is 94.8 Å². The third-order valence-electron chi connectivity index (χ3n) is 12.7. The summed E-state index contributed by atoms with van der Waals surface area (Å²) in [6, 6.07) is 0. The Bertz CT molecular complexity index is 2350. The van der Waals surface area contributed by atoms with E-state index in [4.69, 9.17) is 23.7 Å². The zero-order chi connectivity index (χ0) is 61.2. The first-order valence-electron chi connectivity index (χ1n) is 26.7. The Hall–Kier alpha value is -7.90. The van der Waals surface area contributed by atoms with Gasteiger partial charge in [0.2, 0.25) is 5.76 Å². The molecular formula is C61H80O20. The van der Waals surface area contributed by atoms with Crippen LogP contribution < -0.4 is 0 Å². The molecule has 0 aromatic heterocycles.